The van der Waals surface area contributed by atoms with Crippen molar-refractivity contribution in [1.82, 2.24) is 10.3 Å². The molecule has 0 bridgehead atoms. The number of nitrogens with zero attached hydrogens (tertiary/aromatic N) is 2. The van der Waals surface area contributed by atoms with Crippen molar-refractivity contribution >= 4 is 17.5 Å². The van der Waals surface area contributed by atoms with Crippen molar-refractivity contribution in [3.05, 3.63) is 53.9 Å². The van der Waals surface area contributed by atoms with E-state index in [1.165, 1.54) is 4.90 Å². The molecule has 0 spiro atoms. The average Bonchev–Trinajstić information content (AvgIpc) is 2.63. The quantitative estimate of drug-likeness (QED) is 0.907. The Morgan fingerprint density at radius 1 is 1.36 bits per heavy atom. The molecule has 0 unspecified atom stereocenters. The van der Waals surface area contributed by atoms with Crippen LogP contribution in [0.15, 0.2) is 42.7 Å². The summed E-state index contributed by atoms with van der Waals surface area (Å²) < 4.78 is 5.76. The molecule has 2 heterocycles. The van der Waals surface area contributed by atoms with E-state index in [1.54, 1.807) is 12.4 Å². The Kier molecular flexibility index (Phi) is 4.97. The Balaban J connectivity index is 1.74. The number of benzene rings is 1. The summed E-state index contributed by atoms with van der Waals surface area (Å²) in [5, 5.41) is 2.83. The van der Waals surface area contributed by atoms with Crippen LogP contribution in [0.4, 0.5) is 5.69 Å². The zero-order valence-electron chi connectivity index (χ0n) is 14.4. The van der Waals surface area contributed by atoms with Crippen LogP contribution in [0.25, 0.3) is 0 Å². The third-order valence-electron chi connectivity index (χ3n) is 4.10. The predicted molar refractivity (Wildman–Crippen MR) is 94.3 cm³/mol. The maximum atomic E-state index is 12.7. The van der Waals surface area contributed by atoms with E-state index in [0.717, 1.165) is 11.1 Å². The number of aryl methyl sites for hydroxylation is 1. The normalized spacial score (nSPS) is 16.2. The van der Waals surface area contributed by atoms with Crippen LogP contribution in [-0.4, -0.2) is 29.4 Å². The first-order valence-corrected chi connectivity index (χ1v) is 8.32. The summed E-state index contributed by atoms with van der Waals surface area (Å²) in [5.41, 5.74) is 2.56. The lowest BCUT2D eigenvalue weighted by molar-refractivity contribution is -0.129. The molecule has 1 atom stereocenters. The SMILES string of the molecule is CC[C@H]1Oc2ccc(C)cc2N(CC(=O)NCc2cccnc2)C1=O. The summed E-state index contributed by atoms with van der Waals surface area (Å²) in [6.07, 6.45) is 3.38. The summed E-state index contributed by atoms with van der Waals surface area (Å²) >= 11 is 0. The van der Waals surface area contributed by atoms with Crippen LogP contribution in [0.2, 0.25) is 0 Å². The molecule has 0 radical (unpaired) electrons. The highest BCUT2D eigenvalue weighted by molar-refractivity contribution is 6.03. The number of hydrogen-bond acceptors (Lipinski definition) is 4. The van der Waals surface area contributed by atoms with E-state index < -0.39 is 6.10 Å². The van der Waals surface area contributed by atoms with Gasteiger partial charge in [-0.1, -0.05) is 19.1 Å². The van der Waals surface area contributed by atoms with Gasteiger partial charge in [-0.05, 0) is 42.7 Å². The molecule has 0 aliphatic carbocycles. The number of carbonyl (C=O) groups excluding carboxylic acids is 2. The topological polar surface area (TPSA) is 71.5 Å². The molecule has 1 aromatic carbocycles. The van der Waals surface area contributed by atoms with Crippen molar-refractivity contribution in [2.24, 2.45) is 0 Å². The molecule has 6 heteroatoms. The minimum Gasteiger partial charge on any atom is -0.478 e. The molecule has 3 rings (SSSR count). The fraction of sp³-hybridized carbons (Fsp3) is 0.316. The Morgan fingerprint density at radius 3 is 2.92 bits per heavy atom. The minimum absolute atomic E-state index is 0.0323. The van der Waals surface area contributed by atoms with E-state index in [9.17, 15) is 9.59 Å². The van der Waals surface area contributed by atoms with Crippen LogP contribution in [0.1, 0.15) is 24.5 Å². The van der Waals surface area contributed by atoms with Crippen molar-refractivity contribution in [3.8, 4) is 5.75 Å². The summed E-state index contributed by atoms with van der Waals surface area (Å²) in [6, 6.07) is 9.35. The number of pyridine rings is 1. The van der Waals surface area contributed by atoms with Gasteiger partial charge in [-0.15, -0.1) is 0 Å². The Hall–Kier alpha value is -2.89. The highest BCUT2D eigenvalue weighted by Gasteiger charge is 2.34. The number of anilines is 1. The first-order chi connectivity index (χ1) is 12.1. The van der Waals surface area contributed by atoms with Gasteiger partial charge in [-0.25, -0.2) is 0 Å². The molecule has 0 fully saturated rings. The predicted octanol–water partition coefficient (Wildman–Crippen LogP) is 2.21. The van der Waals surface area contributed by atoms with Crippen LogP contribution in [0.5, 0.6) is 5.75 Å². The number of ether oxygens (including phenoxy) is 1. The fourth-order valence-corrected chi connectivity index (χ4v) is 2.76. The van der Waals surface area contributed by atoms with Crippen LogP contribution in [0.3, 0.4) is 0 Å². The highest BCUT2D eigenvalue weighted by atomic mass is 16.5. The zero-order chi connectivity index (χ0) is 17.8. The van der Waals surface area contributed by atoms with E-state index in [2.05, 4.69) is 10.3 Å². The maximum Gasteiger partial charge on any atom is 0.268 e. The summed E-state index contributed by atoms with van der Waals surface area (Å²) in [6.45, 7) is 4.18. The lowest BCUT2D eigenvalue weighted by Crippen LogP contribution is -2.49. The summed E-state index contributed by atoms with van der Waals surface area (Å²) in [5.74, 6) is 0.232. The average molecular weight is 339 g/mol. The molecule has 1 aromatic heterocycles. The van der Waals surface area contributed by atoms with Crippen molar-refractivity contribution in [3.63, 3.8) is 0 Å². The highest BCUT2D eigenvalue weighted by Crippen LogP contribution is 2.35. The number of rotatable bonds is 5. The van der Waals surface area contributed by atoms with Gasteiger partial charge in [0, 0.05) is 18.9 Å². The smallest absolute Gasteiger partial charge is 0.268 e. The minimum atomic E-state index is -0.554. The second kappa shape index (κ2) is 7.34. The summed E-state index contributed by atoms with van der Waals surface area (Å²) in [7, 11) is 0. The van der Waals surface area contributed by atoms with Crippen LogP contribution in [0, 0.1) is 6.92 Å². The first kappa shape index (κ1) is 17.0. The number of fused-ring (bicyclic) bond motifs is 1. The van der Waals surface area contributed by atoms with E-state index in [4.69, 9.17) is 4.74 Å². The monoisotopic (exact) mass is 339 g/mol. The Morgan fingerprint density at radius 2 is 2.20 bits per heavy atom. The van der Waals surface area contributed by atoms with Gasteiger partial charge < -0.3 is 10.1 Å². The van der Waals surface area contributed by atoms with Crippen molar-refractivity contribution < 1.29 is 14.3 Å². The number of amides is 2. The number of hydrogen-bond donors (Lipinski definition) is 1. The zero-order valence-corrected chi connectivity index (χ0v) is 14.4. The number of aromatic nitrogens is 1. The molecule has 0 saturated heterocycles. The molecule has 130 valence electrons. The lowest BCUT2D eigenvalue weighted by Gasteiger charge is -2.33. The van der Waals surface area contributed by atoms with Gasteiger partial charge in [0.05, 0.1) is 5.69 Å². The fourth-order valence-electron chi connectivity index (χ4n) is 2.76. The molecular formula is C19H21N3O3. The third-order valence-corrected chi connectivity index (χ3v) is 4.10. The Labute approximate surface area is 146 Å². The van der Waals surface area contributed by atoms with Gasteiger partial charge in [0.15, 0.2) is 6.10 Å². The van der Waals surface area contributed by atoms with Crippen molar-refractivity contribution in [2.45, 2.75) is 32.9 Å². The molecule has 1 N–H and O–H groups in total. The molecule has 0 saturated carbocycles. The number of carbonyl (C=O) groups is 2. The summed E-state index contributed by atoms with van der Waals surface area (Å²) in [4.78, 5) is 30.5. The first-order valence-electron chi connectivity index (χ1n) is 8.32. The molecule has 2 aromatic rings. The van der Waals surface area contributed by atoms with E-state index in [0.29, 0.717) is 24.4 Å². The lowest BCUT2D eigenvalue weighted by atomic mass is 10.1. The number of nitrogens with one attached hydrogen (secondary N) is 1. The molecule has 25 heavy (non-hydrogen) atoms. The Bertz CT molecular complexity index is 777. The van der Waals surface area contributed by atoms with Crippen LogP contribution in [-0.2, 0) is 16.1 Å². The van der Waals surface area contributed by atoms with Crippen molar-refractivity contribution in [2.75, 3.05) is 11.4 Å². The molecule has 1 aliphatic rings. The van der Waals surface area contributed by atoms with Gasteiger partial charge in [0.25, 0.3) is 5.91 Å². The van der Waals surface area contributed by atoms with Gasteiger partial charge in [-0.3, -0.25) is 19.5 Å². The van der Waals surface area contributed by atoms with Crippen LogP contribution < -0.4 is 15.0 Å². The maximum absolute atomic E-state index is 12.7. The standard InChI is InChI=1S/C19H21N3O3/c1-3-16-19(24)22(15-9-13(2)6-7-17(15)25-16)12-18(23)21-11-14-5-4-8-20-10-14/h4-10,16H,3,11-12H2,1-2H3,(H,21,23)/t16-/m1/s1. The molecular weight excluding hydrogens is 318 g/mol. The van der Waals surface area contributed by atoms with E-state index in [1.807, 2.05) is 44.2 Å². The van der Waals surface area contributed by atoms with E-state index >= 15 is 0 Å². The van der Waals surface area contributed by atoms with Gasteiger partial charge in [0.1, 0.15) is 12.3 Å². The molecule has 6 nitrogen and oxygen atoms in total. The largest absolute Gasteiger partial charge is 0.478 e. The van der Waals surface area contributed by atoms with Gasteiger partial charge in [-0.2, -0.15) is 0 Å². The van der Waals surface area contributed by atoms with Crippen LogP contribution >= 0.6 is 0 Å². The second-order valence-corrected chi connectivity index (χ2v) is 6.05. The molecule has 2 amide bonds. The van der Waals surface area contributed by atoms with Crippen molar-refractivity contribution in [1.29, 1.82) is 0 Å². The third kappa shape index (κ3) is 3.79. The second-order valence-electron chi connectivity index (χ2n) is 6.05. The van der Waals surface area contributed by atoms with Gasteiger partial charge in [0.2, 0.25) is 5.91 Å². The van der Waals surface area contributed by atoms with Gasteiger partial charge >= 0.3 is 0 Å². The van der Waals surface area contributed by atoms with E-state index in [-0.39, 0.29) is 18.4 Å². The molecule has 1 aliphatic heterocycles.